The Morgan fingerprint density at radius 2 is 2.12 bits per heavy atom. The topological polar surface area (TPSA) is 75.8 Å². The lowest BCUT2D eigenvalue weighted by atomic mass is 9.93. The van der Waals surface area contributed by atoms with Crippen LogP contribution in [0.25, 0.3) is 0 Å². The minimum atomic E-state index is -0.620. The summed E-state index contributed by atoms with van der Waals surface area (Å²) in [6.45, 7) is 3.40. The Bertz CT molecular complexity index is 229. The van der Waals surface area contributed by atoms with E-state index in [-0.39, 0.29) is 12.0 Å². The molecular weight excluding hydrogens is 208 g/mol. The van der Waals surface area contributed by atoms with Crippen molar-refractivity contribution in [3.8, 4) is 0 Å². The van der Waals surface area contributed by atoms with Gasteiger partial charge in [-0.2, -0.15) is 0 Å². The molecule has 5 nitrogen and oxygen atoms in total. The maximum Gasteiger partial charge on any atom is 0.225 e. The maximum atomic E-state index is 11.8. The molecule has 94 valence electrons. The first-order valence-corrected chi connectivity index (χ1v) is 5.71. The van der Waals surface area contributed by atoms with Crippen LogP contribution in [-0.2, 0) is 9.53 Å². The molecule has 1 saturated heterocycles. The third-order valence-electron chi connectivity index (χ3n) is 3.19. The van der Waals surface area contributed by atoms with Gasteiger partial charge in [0, 0.05) is 26.7 Å². The quantitative estimate of drug-likeness (QED) is 0.696. The smallest absolute Gasteiger partial charge is 0.225 e. The van der Waals surface area contributed by atoms with Gasteiger partial charge in [0.15, 0.2) is 0 Å². The van der Waals surface area contributed by atoms with Crippen molar-refractivity contribution in [3.63, 3.8) is 0 Å². The third kappa shape index (κ3) is 3.73. The monoisotopic (exact) mass is 230 g/mol. The molecule has 1 rings (SSSR count). The molecule has 0 aromatic carbocycles. The molecule has 3 N–H and O–H groups in total. The molecule has 0 aromatic rings. The first kappa shape index (κ1) is 13.4. The summed E-state index contributed by atoms with van der Waals surface area (Å²) in [4.78, 5) is 13.6. The van der Waals surface area contributed by atoms with Crippen molar-refractivity contribution in [1.82, 2.24) is 4.90 Å². The summed E-state index contributed by atoms with van der Waals surface area (Å²) in [6.07, 6.45) is 1.41. The van der Waals surface area contributed by atoms with E-state index in [1.807, 2.05) is 6.92 Å². The molecule has 16 heavy (non-hydrogen) atoms. The number of piperidine rings is 1. The second-order valence-corrected chi connectivity index (χ2v) is 4.68. The lowest BCUT2D eigenvalue weighted by Gasteiger charge is -2.36. The van der Waals surface area contributed by atoms with Crippen LogP contribution in [0.2, 0.25) is 0 Å². The number of carbonyl (C=O) groups excluding carboxylic acids is 1. The Morgan fingerprint density at radius 1 is 1.56 bits per heavy atom. The number of nitrogens with zero attached hydrogens (tertiary/aromatic N) is 1. The fraction of sp³-hybridized carbons (Fsp3) is 0.909. The predicted molar refractivity (Wildman–Crippen MR) is 60.9 cm³/mol. The van der Waals surface area contributed by atoms with Crippen LogP contribution < -0.4 is 5.73 Å². The van der Waals surface area contributed by atoms with Crippen LogP contribution in [0.3, 0.4) is 0 Å². The van der Waals surface area contributed by atoms with Crippen molar-refractivity contribution in [2.45, 2.75) is 37.9 Å². The lowest BCUT2D eigenvalue weighted by molar-refractivity contribution is -0.137. The number of hydrogen-bond donors (Lipinski definition) is 2. The van der Waals surface area contributed by atoms with Gasteiger partial charge in [0.05, 0.1) is 18.1 Å². The number of hydrogen-bond acceptors (Lipinski definition) is 4. The highest BCUT2D eigenvalue weighted by molar-refractivity contribution is 5.76. The molecule has 1 atom stereocenters. The molecule has 1 fully saturated rings. The van der Waals surface area contributed by atoms with Gasteiger partial charge in [-0.05, 0) is 19.8 Å². The first-order valence-electron chi connectivity index (χ1n) is 5.71. The molecular formula is C11H22N2O3. The van der Waals surface area contributed by atoms with E-state index in [2.05, 4.69) is 0 Å². The van der Waals surface area contributed by atoms with Gasteiger partial charge in [-0.1, -0.05) is 0 Å². The Morgan fingerprint density at radius 3 is 2.56 bits per heavy atom. The van der Waals surface area contributed by atoms with E-state index < -0.39 is 5.60 Å². The Balaban J connectivity index is 2.38. The minimum Gasteiger partial charge on any atom is -0.390 e. The highest BCUT2D eigenvalue weighted by Crippen LogP contribution is 2.21. The van der Waals surface area contributed by atoms with Gasteiger partial charge in [0.25, 0.3) is 0 Å². The van der Waals surface area contributed by atoms with Gasteiger partial charge >= 0.3 is 0 Å². The normalized spacial score (nSPS) is 21.9. The van der Waals surface area contributed by atoms with Crippen LogP contribution in [0.4, 0.5) is 0 Å². The molecule has 0 aromatic heterocycles. The summed E-state index contributed by atoms with van der Waals surface area (Å²) >= 11 is 0. The summed E-state index contributed by atoms with van der Waals surface area (Å²) < 4.78 is 5.08. The van der Waals surface area contributed by atoms with Crippen molar-refractivity contribution in [1.29, 1.82) is 0 Å². The van der Waals surface area contributed by atoms with E-state index in [9.17, 15) is 9.90 Å². The molecule has 1 aliphatic rings. The summed E-state index contributed by atoms with van der Waals surface area (Å²) in [6, 6.07) is 0. The molecule has 1 aliphatic heterocycles. The molecule has 1 heterocycles. The van der Waals surface area contributed by atoms with Crippen LogP contribution in [0, 0.1) is 0 Å². The number of likely N-dealkylation sites (tertiary alicyclic amines) is 1. The fourth-order valence-electron chi connectivity index (χ4n) is 1.82. The molecule has 0 saturated carbocycles. The second-order valence-electron chi connectivity index (χ2n) is 4.68. The number of carbonyl (C=O) groups is 1. The summed E-state index contributed by atoms with van der Waals surface area (Å²) in [5.74, 6) is 0.0628. The largest absolute Gasteiger partial charge is 0.390 e. The number of ether oxygens (including phenoxy) is 1. The average Bonchev–Trinajstić information content (AvgIpc) is 2.25. The minimum absolute atomic E-state index is 0.0628. The molecule has 0 spiro atoms. The van der Waals surface area contributed by atoms with E-state index in [0.717, 1.165) is 0 Å². The lowest BCUT2D eigenvalue weighted by Crippen LogP contribution is -2.46. The fourth-order valence-corrected chi connectivity index (χ4v) is 1.82. The van der Waals surface area contributed by atoms with Crippen LogP contribution >= 0.6 is 0 Å². The van der Waals surface area contributed by atoms with Crippen LogP contribution in [0.1, 0.15) is 26.2 Å². The summed E-state index contributed by atoms with van der Waals surface area (Å²) in [5, 5.41) is 9.77. The Kier molecular flexibility index (Phi) is 4.70. The van der Waals surface area contributed by atoms with E-state index in [4.69, 9.17) is 10.5 Å². The summed E-state index contributed by atoms with van der Waals surface area (Å²) in [7, 11) is 1.56. The zero-order valence-corrected chi connectivity index (χ0v) is 10.1. The number of methoxy groups -OCH3 is 1. The van der Waals surface area contributed by atoms with E-state index >= 15 is 0 Å². The van der Waals surface area contributed by atoms with Crippen molar-refractivity contribution in [2.24, 2.45) is 5.73 Å². The van der Waals surface area contributed by atoms with Gasteiger partial charge in [-0.3, -0.25) is 4.79 Å². The van der Waals surface area contributed by atoms with E-state index in [1.165, 1.54) is 0 Å². The predicted octanol–water partition coefficient (Wildman–Crippen LogP) is -0.276. The molecule has 1 amide bonds. The maximum absolute atomic E-state index is 11.8. The average molecular weight is 230 g/mol. The Labute approximate surface area is 96.6 Å². The Hall–Kier alpha value is -0.650. The van der Waals surface area contributed by atoms with Gasteiger partial charge < -0.3 is 20.5 Å². The number of amides is 1. The molecule has 0 bridgehead atoms. The second kappa shape index (κ2) is 5.61. The van der Waals surface area contributed by atoms with Crippen molar-refractivity contribution >= 4 is 5.91 Å². The van der Waals surface area contributed by atoms with E-state index in [0.29, 0.717) is 38.9 Å². The third-order valence-corrected chi connectivity index (χ3v) is 3.19. The van der Waals surface area contributed by atoms with E-state index in [1.54, 1.807) is 12.0 Å². The van der Waals surface area contributed by atoms with Crippen molar-refractivity contribution in [3.05, 3.63) is 0 Å². The molecule has 1 unspecified atom stereocenters. The molecule has 0 radical (unpaired) electrons. The zero-order chi connectivity index (χ0) is 12.2. The SMILES string of the molecule is COC(CN)CC(=O)N1CCC(C)(O)CC1. The number of rotatable bonds is 4. The van der Waals surface area contributed by atoms with Crippen molar-refractivity contribution in [2.75, 3.05) is 26.7 Å². The zero-order valence-electron chi connectivity index (χ0n) is 10.1. The van der Waals surface area contributed by atoms with Gasteiger partial charge in [-0.15, -0.1) is 0 Å². The van der Waals surface area contributed by atoms with Gasteiger partial charge in [0.2, 0.25) is 5.91 Å². The molecule has 0 aliphatic carbocycles. The standard InChI is InChI=1S/C11H22N2O3/c1-11(15)3-5-13(6-4-11)10(14)7-9(8-12)16-2/h9,15H,3-8,12H2,1-2H3. The van der Waals surface area contributed by atoms with Gasteiger partial charge in [0.1, 0.15) is 0 Å². The number of aliphatic hydroxyl groups is 1. The number of nitrogens with two attached hydrogens (primary N) is 1. The van der Waals surface area contributed by atoms with Crippen LogP contribution in [-0.4, -0.2) is 54.4 Å². The highest BCUT2D eigenvalue weighted by Gasteiger charge is 2.30. The van der Waals surface area contributed by atoms with Crippen LogP contribution in [0.15, 0.2) is 0 Å². The van der Waals surface area contributed by atoms with Crippen molar-refractivity contribution < 1.29 is 14.6 Å². The van der Waals surface area contributed by atoms with Gasteiger partial charge in [-0.25, -0.2) is 0 Å². The first-order chi connectivity index (χ1) is 7.48. The molecule has 5 heteroatoms. The summed E-state index contributed by atoms with van der Waals surface area (Å²) in [5.41, 5.74) is 4.85. The van der Waals surface area contributed by atoms with Crippen LogP contribution in [0.5, 0.6) is 0 Å². The highest BCUT2D eigenvalue weighted by atomic mass is 16.5.